The molecule has 2 amide bonds. The number of halogens is 11. The minimum absolute atomic E-state index is 0.0404. The molecule has 3 heterocycles. The number of carbonyl (C=O) groups is 3. The van der Waals surface area contributed by atoms with Gasteiger partial charge < -0.3 is 10.4 Å². The van der Waals surface area contributed by atoms with Crippen molar-refractivity contribution in [2.24, 2.45) is 5.92 Å². The molecule has 7 rings (SSSR count). The molecule has 3 aromatic heterocycles. The quantitative estimate of drug-likeness (QED) is 0.0798. The van der Waals surface area contributed by atoms with Gasteiger partial charge >= 0.3 is 18.3 Å². The van der Waals surface area contributed by atoms with Gasteiger partial charge in [0.2, 0.25) is 21.8 Å². The standard InChI is InChI=1S/C44H42ClF10N7O8S2/c1-41(2,71(3,67)68)13-12-24-8-9-25(26-10-11-29(45)35-37(26)61(20-42(48,49)50)59-40(35)62(72(4,69)70)32(64)6-5-7-33(65)66)36(56-24)30(16-21-14-22(46)17-23(47)15-21)57-31(63)19-60-39-34(38(58-60)44(53,54)55)27-18-28(27)43(39,51)52/h8-11,14-15,17,27-28,30H,5-7,12-13,16,18-20H2,1-4H3,(H,57,63)(H,65,66)/t27-,28+,30-/m0/s1. The van der Waals surface area contributed by atoms with E-state index in [1.807, 2.05) is 0 Å². The maximum Gasteiger partial charge on any atom is 0.435 e. The second-order valence-corrected chi connectivity index (χ2v) is 23.2. The predicted octanol–water partition coefficient (Wildman–Crippen LogP) is 8.42. The van der Waals surface area contributed by atoms with Gasteiger partial charge in [0.1, 0.15) is 30.4 Å². The first-order valence-electron chi connectivity index (χ1n) is 21.6. The van der Waals surface area contributed by atoms with E-state index < -0.39 is 168 Å². The zero-order valence-corrected chi connectivity index (χ0v) is 40.5. The third kappa shape index (κ3) is 11.1. The SMILES string of the molecule is CC(C)(CCc1ccc(-c2ccc(Cl)c3c(N(C(=O)CCCC(=O)O)S(C)(=O)=O)nn(CC(F)(F)F)c23)c([C@H](Cc2cc(F)cc(F)c2)NC(=O)Cn2nc(C(F)(F)F)c3c2C(F)(F)[C@@H]2C[C@H]32)n1)S(C)(=O)=O. The molecule has 0 radical (unpaired) electrons. The molecule has 0 aliphatic heterocycles. The summed E-state index contributed by atoms with van der Waals surface area (Å²) in [6.07, 6.45) is -11.9. The molecule has 28 heteroatoms. The fourth-order valence-electron chi connectivity index (χ4n) is 8.77. The van der Waals surface area contributed by atoms with Crippen LogP contribution in [0.3, 0.4) is 0 Å². The van der Waals surface area contributed by atoms with Crippen molar-refractivity contribution in [3.8, 4) is 11.1 Å². The average molecular weight is 1090 g/mol. The third-order valence-corrected chi connectivity index (χ3v) is 16.0. The fourth-order valence-corrected chi connectivity index (χ4v) is 10.4. The van der Waals surface area contributed by atoms with E-state index in [2.05, 4.69) is 20.5 Å². The topological polar surface area (TPSA) is 204 Å². The van der Waals surface area contributed by atoms with Crippen molar-refractivity contribution >= 4 is 66.0 Å². The van der Waals surface area contributed by atoms with Crippen molar-refractivity contribution in [2.45, 2.75) is 107 Å². The average Bonchev–Trinajstić information content (AvgIpc) is 3.74. The lowest BCUT2D eigenvalue weighted by Crippen LogP contribution is -2.36. The molecule has 2 N–H and O–H groups in total. The number of hydrogen-bond acceptors (Lipinski definition) is 10. The predicted molar refractivity (Wildman–Crippen MR) is 238 cm³/mol. The fraction of sp³-hybridized carbons (Fsp3) is 0.455. The molecular weight excluding hydrogens is 1040 g/mol. The summed E-state index contributed by atoms with van der Waals surface area (Å²) in [5, 5.41) is 17.8. The summed E-state index contributed by atoms with van der Waals surface area (Å²) in [6, 6.07) is 5.12. The molecule has 2 aliphatic rings. The Morgan fingerprint density at radius 2 is 1.57 bits per heavy atom. The van der Waals surface area contributed by atoms with E-state index in [0.717, 1.165) is 30.5 Å². The van der Waals surface area contributed by atoms with Crippen LogP contribution in [0.1, 0.15) is 91.8 Å². The lowest BCUT2D eigenvalue weighted by Gasteiger charge is -2.25. The monoisotopic (exact) mass is 1090 g/mol. The molecule has 0 bridgehead atoms. The highest BCUT2D eigenvalue weighted by Gasteiger charge is 2.68. The number of alkyl halides is 8. The van der Waals surface area contributed by atoms with Crippen LogP contribution in [0, 0.1) is 17.6 Å². The molecule has 5 aromatic rings. The van der Waals surface area contributed by atoms with Crippen LogP contribution in [0.2, 0.25) is 5.02 Å². The lowest BCUT2D eigenvalue weighted by molar-refractivity contribution is -0.143. The Morgan fingerprint density at radius 1 is 0.931 bits per heavy atom. The van der Waals surface area contributed by atoms with Crippen molar-refractivity contribution in [1.29, 1.82) is 0 Å². The van der Waals surface area contributed by atoms with Gasteiger partial charge in [-0.2, -0.15) is 49.6 Å². The third-order valence-electron chi connectivity index (χ3n) is 12.5. The van der Waals surface area contributed by atoms with Crippen LogP contribution in [-0.2, 0) is 72.3 Å². The number of aryl methyl sites for hydroxylation is 1. The molecule has 2 aromatic carbocycles. The van der Waals surface area contributed by atoms with Gasteiger partial charge in [0, 0.05) is 53.5 Å². The van der Waals surface area contributed by atoms with Crippen LogP contribution in [0.25, 0.3) is 22.0 Å². The summed E-state index contributed by atoms with van der Waals surface area (Å²) >= 11 is 6.61. The van der Waals surface area contributed by atoms with Crippen molar-refractivity contribution < 1.29 is 80.2 Å². The molecule has 3 atom stereocenters. The number of aliphatic carboxylic acids is 1. The summed E-state index contributed by atoms with van der Waals surface area (Å²) in [6.45, 7) is -0.466. The van der Waals surface area contributed by atoms with Gasteiger partial charge in [-0.25, -0.2) is 25.6 Å². The van der Waals surface area contributed by atoms with Crippen LogP contribution >= 0.6 is 11.6 Å². The van der Waals surface area contributed by atoms with Gasteiger partial charge in [0.25, 0.3) is 5.92 Å². The number of fused-ring (bicyclic) bond motifs is 4. The van der Waals surface area contributed by atoms with Crippen molar-refractivity contribution in [3.63, 3.8) is 0 Å². The van der Waals surface area contributed by atoms with E-state index in [1.165, 1.54) is 26.0 Å². The highest BCUT2D eigenvalue weighted by atomic mass is 35.5. The molecule has 72 heavy (non-hydrogen) atoms. The van der Waals surface area contributed by atoms with E-state index in [4.69, 9.17) is 16.7 Å². The summed E-state index contributed by atoms with van der Waals surface area (Å²) < 4.78 is 198. The second-order valence-electron chi connectivity index (χ2n) is 18.3. The smallest absolute Gasteiger partial charge is 0.435 e. The van der Waals surface area contributed by atoms with Crippen LogP contribution in [0.15, 0.2) is 42.5 Å². The Kier molecular flexibility index (Phi) is 14.2. The number of benzene rings is 2. The lowest BCUT2D eigenvalue weighted by atomic mass is 9.93. The number of aromatic nitrogens is 5. The first-order chi connectivity index (χ1) is 33.1. The number of sulfone groups is 1. The number of nitrogens with one attached hydrogen (secondary N) is 1. The normalized spacial score (nSPS) is 17.2. The zero-order valence-electron chi connectivity index (χ0n) is 38.1. The summed E-state index contributed by atoms with van der Waals surface area (Å²) in [4.78, 5) is 43.6. The van der Waals surface area contributed by atoms with Crippen molar-refractivity contribution in [2.75, 3.05) is 16.8 Å². The minimum Gasteiger partial charge on any atom is -0.481 e. The molecule has 0 spiro atoms. The van der Waals surface area contributed by atoms with E-state index in [0.29, 0.717) is 12.3 Å². The summed E-state index contributed by atoms with van der Waals surface area (Å²) in [5.74, 6) is -13.7. The van der Waals surface area contributed by atoms with Gasteiger partial charge in [-0.05, 0) is 81.7 Å². The minimum atomic E-state index is -5.22. The molecule has 390 valence electrons. The van der Waals surface area contributed by atoms with Crippen LogP contribution < -0.4 is 9.62 Å². The first-order valence-corrected chi connectivity index (χ1v) is 25.7. The Hall–Kier alpha value is -5.83. The number of anilines is 1. The largest absolute Gasteiger partial charge is 0.481 e. The number of rotatable bonds is 18. The molecule has 2 aliphatic carbocycles. The maximum atomic E-state index is 15.6. The number of amides is 2. The summed E-state index contributed by atoms with van der Waals surface area (Å²) in [7, 11) is -8.54. The number of carbonyl (C=O) groups excluding carboxylic acids is 2. The van der Waals surface area contributed by atoms with Crippen LogP contribution in [0.5, 0.6) is 0 Å². The number of sulfonamides is 1. The second kappa shape index (κ2) is 18.9. The Morgan fingerprint density at radius 3 is 2.15 bits per heavy atom. The molecule has 15 nitrogen and oxygen atoms in total. The zero-order chi connectivity index (χ0) is 53.4. The molecular formula is C44H42ClF10N7O8S2. The molecule has 1 saturated carbocycles. The van der Waals surface area contributed by atoms with Gasteiger partial charge in [0.05, 0.1) is 38.7 Å². The highest BCUT2D eigenvalue weighted by Crippen LogP contribution is 2.68. The van der Waals surface area contributed by atoms with E-state index in [9.17, 15) is 66.3 Å². The molecule has 0 unspecified atom stereocenters. The van der Waals surface area contributed by atoms with E-state index in [1.54, 1.807) is 0 Å². The Labute approximate surface area is 408 Å². The van der Waals surface area contributed by atoms with Crippen LogP contribution in [-0.4, -0.2) is 87.7 Å². The van der Waals surface area contributed by atoms with Crippen molar-refractivity contribution in [1.82, 2.24) is 29.9 Å². The van der Waals surface area contributed by atoms with Gasteiger partial charge in [0.15, 0.2) is 21.3 Å². The van der Waals surface area contributed by atoms with Crippen molar-refractivity contribution in [3.05, 3.63) is 93.0 Å². The number of carboxylic acids is 1. The number of pyridine rings is 1. The number of nitrogens with zero attached hydrogens (tertiary/aromatic N) is 6. The number of carboxylic acid groups (broad SMARTS) is 1. The maximum absolute atomic E-state index is 15.6. The first kappa shape index (κ1) is 54.0. The Bertz CT molecular complexity index is 3230. The Balaban J connectivity index is 1.46. The molecule has 1 fully saturated rings. The van der Waals surface area contributed by atoms with E-state index >= 15 is 8.78 Å². The highest BCUT2D eigenvalue weighted by molar-refractivity contribution is 7.93. The van der Waals surface area contributed by atoms with Gasteiger partial charge in [-0.3, -0.25) is 28.7 Å². The summed E-state index contributed by atoms with van der Waals surface area (Å²) in [5.41, 5.74) is -5.34. The number of hydrogen-bond donors (Lipinski definition) is 2. The van der Waals surface area contributed by atoms with Crippen LogP contribution in [0.4, 0.5) is 49.7 Å². The molecule has 0 saturated heterocycles. The van der Waals surface area contributed by atoms with Gasteiger partial charge in [-0.1, -0.05) is 23.7 Å². The van der Waals surface area contributed by atoms with Gasteiger partial charge in [-0.15, -0.1) is 0 Å². The van der Waals surface area contributed by atoms with E-state index in [-0.39, 0.29) is 61.0 Å².